The fraction of sp³-hybridized carbons (Fsp3) is 0.625. The summed E-state index contributed by atoms with van der Waals surface area (Å²) in [4.78, 5) is 10.2. The minimum absolute atomic E-state index is 0.0732. The molecule has 7 heteroatoms. The molecule has 0 aromatic heterocycles. The fourth-order valence-corrected chi connectivity index (χ4v) is 5.49. The van der Waals surface area contributed by atoms with E-state index in [1.807, 2.05) is 0 Å². The smallest absolute Gasteiger partial charge is 0.258 e. The van der Waals surface area contributed by atoms with E-state index in [1.165, 1.54) is 43.5 Å². The molecule has 3 rings (SSSR count). The number of rotatable bonds is 5. The van der Waals surface area contributed by atoms with Crippen LogP contribution in [0.5, 0.6) is 0 Å². The van der Waals surface area contributed by atoms with E-state index in [-0.39, 0.29) is 16.0 Å². The van der Waals surface area contributed by atoms with Gasteiger partial charge < -0.3 is 0 Å². The lowest BCUT2D eigenvalue weighted by molar-refractivity contribution is -0.384. The van der Waals surface area contributed by atoms with E-state index in [1.54, 1.807) is 0 Å². The molecule has 2 saturated carbocycles. The molecule has 1 aromatic carbocycles. The van der Waals surface area contributed by atoms with Gasteiger partial charge >= 0.3 is 0 Å². The quantitative estimate of drug-likeness (QED) is 0.660. The molecular weight excluding hydrogens is 316 g/mol. The number of fused-ring (bicyclic) bond motifs is 2. The lowest BCUT2D eigenvalue weighted by Gasteiger charge is -2.38. The van der Waals surface area contributed by atoms with Crippen molar-refractivity contribution in [2.75, 3.05) is 6.54 Å². The third kappa shape index (κ3) is 2.87. The van der Waals surface area contributed by atoms with Gasteiger partial charge in [0.2, 0.25) is 10.0 Å². The van der Waals surface area contributed by atoms with Gasteiger partial charge in [-0.1, -0.05) is 13.8 Å². The van der Waals surface area contributed by atoms with E-state index in [0.29, 0.717) is 24.3 Å². The average Bonchev–Trinajstić information content (AvgIpc) is 3.05. The highest BCUT2D eigenvalue weighted by Crippen LogP contribution is 2.59. The fourth-order valence-electron chi connectivity index (χ4n) is 4.43. The van der Waals surface area contributed by atoms with E-state index in [9.17, 15) is 18.5 Å². The van der Waals surface area contributed by atoms with Gasteiger partial charge in [0.25, 0.3) is 5.69 Å². The van der Waals surface area contributed by atoms with Gasteiger partial charge in [-0.2, -0.15) is 0 Å². The van der Waals surface area contributed by atoms with Crippen molar-refractivity contribution in [2.45, 2.75) is 38.0 Å². The predicted molar refractivity (Wildman–Crippen MR) is 86.4 cm³/mol. The number of benzene rings is 1. The molecule has 0 unspecified atom stereocenters. The number of nitrogens with zero attached hydrogens (tertiary/aromatic N) is 1. The number of sulfonamides is 1. The van der Waals surface area contributed by atoms with Gasteiger partial charge in [-0.25, -0.2) is 13.1 Å². The summed E-state index contributed by atoms with van der Waals surface area (Å²) < 4.78 is 27.5. The maximum atomic E-state index is 12.4. The maximum absolute atomic E-state index is 12.4. The molecule has 23 heavy (non-hydrogen) atoms. The Morgan fingerprint density at radius 2 is 1.91 bits per heavy atom. The Morgan fingerprint density at radius 3 is 2.43 bits per heavy atom. The van der Waals surface area contributed by atoms with Crippen LogP contribution in [0.25, 0.3) is 0 Å². The van der Waals surface area contributed by atoms with Crippen LogP contribution in [0.3, 0.4) is 0 Å². The van der Waals surface area contributed by atoms with Crippen LogP contribution in [-0.2, 0) is 10.0 Å². The van der Waals surface area contributed by atoms with Crippen molar-refractivity contribution in [3.05, 3.63) is 34.4 Å². The standard InChI is InChI=1S/C16H22N2O4S/c1-16(2)12-4-3-11(9-12)15(16)10-17-23(21,22)14-7-5-13(6-8-14)18(19)20/h5-8,11-12,15,17H,3-4,9-10H2,1-2H3/t11-,12+,15-/m0/s1. The Morgan fingerprint density at radius 1 is 1.26 bits per heavy atom. The highest BCUT2D eigenvalue weighted by molar-refractivity contribution is 7.89. The molecule has 1 aromatic rings. The van der Waals surface area contributed by atoms with E-state index >= 15 is 0 Å². The van der Waals surface area contributed by atoms with Crippen molar-refractivity contribution in [3.8, 4) is 0 Å². The predicted octanol–water partition coefficient (Wildman–Crippen LogP) is 2.95. The first-order valence-corrected chi connectivity index (χ1v) is 9.44. The first-order chi connectivity index (χ1) is 10.7. The first kappa shape index (κ1) is 16.4. The van der Waals surface area contributed by atoms with Crippen LogP contribution in [0.2, 0.25) is 0 Å². The van der Waals surface area contributed by atoms with Crippen molar-refractivity contribution < 1.29 is 13.3 Å². The molecule has 0 saturated heterocycles. The summed E-state index contributed by atoms with van der Waals surface area (Å²) in [6.07, 6.45) is 3.65. The summed E-state index contributed by atoms with van der Waals surface area (Å²) >= 11 is 0. The normalized spacial score (nSPS) is 28.9. The minimum Gasteiger partial charge on any atom is -0.258 e. The van der Waals surface area contributed by atoms with Crippen molar-refractivity contribution in [1.82, 2.24) is 4.72 Å². The second-order valence-electron chi connectivity index (χ2n) is 7.30. The lowest BCUT2D eigenvalue weighted by atomic mass is 9.69. The summed E-state index contributed by atoms with van der Waals surface area (Å²) in [6.45, 7) is 4.91. The van der Waals surface area contributed by atoms with Gasteiger partial charge in [-0.3, -0.25) is 10.1 Å². The molecule has 1 N–H and O–H groups in total. The van der Waals surface area contributed by atoms with Crippen LogP contribution in [0, 0.1) is 33.3 Å². The summed E-state index contributed by atoms with van der Waals surface area (Å²) in [6, 6.07) is 5.00. The largest absolute Gasteiger partial charge is 0.269 e. The zero-order valence-electron chi connectivity index (χ0n) is 13.4. The van der Waals surface area contributed by atoms with Crippen molar-refractivity contribution in [2.24, 2.45) is 23.2 Å². The lowest BCUT2D eigenvalue weighted by Crippen LogP contribution is -2.39. The molecule has 0 radical (unpaired) electrons. The van der Waals surface area contributed by atoms with Gasteiger partial charge in [-0.15, -0.1) is 0 Å². The van der Waals surface area contributed by atoms with E-state index in [0.717, 1.165) is 0 Å². The summed E-state index contributed by atoms with van der Waals surface area (Å²) in [5.41, 5.74) is 0.0548. The number of hydrogen-bond donors (Lipinski definition) is 1. The zero-order valence-corrected chi connectivity index (χ0v) is 14.2. The summed E-state index contributed by atoms with van der Waals surface area (Å²) in [5, 5.41) is 10.6. The first-order valence-electron chi connectivity index (χ1n) is 7.96. The van der Waals surface area contributed by atoms with Gasteiger partial charge in [0, 0.05) is 18.7 Å². The summed E-state index contributed by atoms with van der Waals surface area (Å²) in [7, 11) is -3.63. The van der Waals surface area contributed by atoms with Crippen molar-refractivity contribution >= 4 is 15.7 Å². The van der Waals surface area contributed by atoms with Crippen LogP contribution in [-0.4, -0.2) is 19.9 Å². The highest BCUT2D eigenvalue weighted by atomic mass is 32.2. The Bertz CT molecular complexity index is 712. The number of non-ortho nitro benzene ring substituents is 1. The van der Waals surface area contributed by atoms with Crippen LogP contribution in [0.4, 0.5) is 5.69 Å². The topological polar surface area (TPSA) is 89.3 Å². The molecule has 0 spiro atoms. The Hall–Kier alpha value is -1.47. The summed E-state index contributed by atoms with van der Waals surface area (Å²) in [5.74, 6) is 1.66. The molecule has 0 aliphatic heterocycles. The van der Waals surface area contributed by atoms with E-state index in [2.05, 4.69) is 18.6 Å². The SMILES string of the molecule is CC1(C)[C@@H]2CC[C@@H](C2)[C@@H]1CNS(=O)(=O)c1ccc([N+](=O)[O-])cc1. The average molecular weight is 338 g/mol. The van der Waals surface area contributed by atoms with Gasteiger partial charge in [0.15, 0.2) is 0 Å². The molecule has 6 nitrogen and oxygen atoms in total. The van der Waals surface area contributed by atoms with Crippen LogP contribution >= 0.6 is 0 Å². The molecule has 0 heterocycles. The van der Waals surface area contributed by atoms with Crippen LogP contribution in [0.1, 0.15) is 33.1 Å². The van der Waals surface area contributed by atoms with Gasteiger partial charge in [-0.05, 0) is 54.6 Å². The second kappa shape index (κ2) is 5.56. The number of nitrogens with one attached hydrogen (secondary N) is 1. The van der Waals surface area contributed by atoms with Crippen molar-refractivity contribution in [3.63, 3.8) is 0 Å². The molecule has 2 aliphatic carbocycles. The van der Waals surface area contributed by atoms with Gasteiger partial charge in [0.1, 0.15) is 0 Å². The van der Waals surface area contributed by atoms with E-state index < -0.39 is 14.9 Å². The Balaban J connectivity index is 1.71. The molecule has 126 valence electrons. The van der Waals surface area contributed by atoms with Gasteiger partial charge in [0.05, 0.1) is 9.82 Å². The van der Waals surface area contributed by atoms with Crippen molar-refractivity contribution in [1.29, 1.82) is 0 Å². The molecule has 0 amide bonds. The third-order valence-corrected chi connectivity index (χ3v) is 7.34. The zero-order chi connectivity index (χ0) is 16.8. The number of hydrogen-bond acceptors (Lipinski definition) is 4. The molecule has 2 bridgehead atoms. The third-order valence-electron chi connectivity index (χ3n) is 5.90. The minimum atomic E-state index is -3.63. The van der Waals surface area contributed by atoms with Crippen LogP contribution in [0.15, 0.2) is 29.2 Å². The highest BCUT2D eigenvalue weighted by Gasteiger charge is 2.52. The monoisotopic (exact) mass is 338 g/mol. The van der Waals surface area contributed by atoms with Crippen LogP contribution < -0.4 is 4.72 Å². The number of nitro groups is 1. The van der Waals surface area contributed by atoms with E-state index in [4.69, 9.17) is 0 Å². The molecule has 2 aliphatic rings. The maximum Gasteiger partial charge on any atom is 0.269 e. The molecular formula is C16H22N2O4S. The number of nitro benzene ring substituents is 1. The Kier molecular flexibility index (Phi) is 3.96. The molecule has 2 fully saturated rings. The Labute approximate surface area is 136 Å². The second-order valence-corrected chi connectivity index (χ2v) is 9.07. The molecule has 3 atom stereocenters.